The van der Waals surface area contributed by atoms with Crippen LogP contribution < -0.4 is 15.8 Å². The van der Waals surface area contributed by atoms with Gasteiger partial charge in [-0.3, -0.25) is 0 Å². The lowest BCUT2D eigenvalue weighted by Gasteiger charge is -2.30. The van der Waals surface area contributed by atoms with Crippen LogP contribution in [0.5, 0.6) is 0 Å². The van der Waals surface area contributed by atoms with E-state index < -0.39 is 15.6 Å². The van der Waals surface area contributed by atoms with Gasteiger partial charge in [-0.2, -0.15) is 0 Å². The van der Waals surface area contributed by atoms with Crippen LogP contribution in [0.25, 0.3) is 0 Å². The first-order chi connectivity index (χ1) is 9.21. The third-order valence-electron chi connectivity index (χ3n) is 3.80. The molecule has 112 valence electrons. The van der Waals surface area contributed by atoms with E-state index in [1.165, 1.54) is 12.1 Å². The van der Waals surface area contributed by atoms with Crippen molar-refractivity contribution in [3.05, 3.63) is 18.2 Å². The van der Waals surface area contributed by atoms with E-state index in [0.29, 0.717) is 17.9 Å². The number of aliphatic hydroxyl groups is 1. The Morgan fingerprint density at radius 2 is 1.95 bits per heavy atom. The summed E-state index contributed by atoms with van der Waals surface area (Å²) in [6.07, 6.45) is 3.63. The third kappa shape index (κ3) is 3.23. The Morgan fingerprint density at radius 1 is 1.35 bits per heavy atom. The zero-order chi connectivity index (χ0) is 15.0. The van der Waals surface area contributed by atoms with Gasteiger partial charge in [0.15, 0.2) is 0 Å². The van der Waals surface area contributed by atoms with Crippen LogP contribution in [0.2, 0.25) is 0 Å². The van der Waals surface area contributed by atoms with Crippen LogP contribution in [0.3, 0.4) is 0 Å². The number of hydrogen-bond acceptors (Lipinski definition) is 5. The molecule has 0 heterocycles. The second-order valence-electron chi connectivity index (χ2n) is 5.55. The largest absolute Gasteiger partial charge is 0.397 e. The number of nitrogens with zero attached hydrogens (tertiary/aromatic N) is 1. The quantitative estimate of drug-likeness (QED) is 0.707. The van der Waals surface area contributed by atoms with Crippen molar-refractivity contribution in [2.45, 2.75) is 36.2 Å². The van der Waals surface area contributed by atoms with Crippen molar-refractivity contribution in [2.75, 3.05) is 24.2 Å². The summed E-state index contributed by atoms with van der Waals surface area (Å²) < 4.78 is 22.5. The molecule has 0 atom stereocenters. The Bertz CT molecular complexity index is 595. The lowest BCUT2D eigenvalue weighted by molar-refractivity contribution is 0.0559. The Hall–Kier alpha value is -1.31. The minimum absolute atomic E-state index is 0.00766. The Labute approximate surface area is 119 Å². The van der Waals surface area contributed by atoms with Crippen molar-refractivity contribution in [2.24, 2.45) is 5.14 Å². The van der Waals surface area contributed by atoms with Crippen molar-refractivity contribution in [1.82, 2.24) is 0 Å². The molecule has 2 rings (SSSR count). The molecule has 0 saturated heterocycles. The molecule has 5 N–H and O–H groups in total. The number of benzene rings is 1. The Kier molecular flexibility index (Phi) is 3.95. The van der Waals surface area contributed by atoms with E-state index in [9.17, 15) is 13.5 Å². The number of rotatable bonds is 4. The number of hydrogen-bond donors (Lipinski definition) is 3. The maximum absolute atomic E-state index is 11.3. The van der Waals surface area contributed by atoms with Gasteiger partial charge in [0, 0.05) is 13.6 Å². The Morgan fingerprint density at radius 3 is 2.45 bits per heavy atom. The van der Waals surface area contributed by atoms with Crippen molar-refractivity contribution in [1.29, 1.82) is 0 Å². The van der Waals surface area contributed by atoms with Crippen molar-refractivity contribution in [3.63, 3.8) is 0 Å². The molecule has 1 saturated carbocycles. The predicted octanol–water partition coefficient (Wildman–Crippen LogP) is 0.657. The highest BCUT2D eigenvalue weighted by Gasteiger charge is 2.32. The minimum Gasteiger partial charge on any atom is -0.397 e. The highest BCUT2D eigenvalue weighted by atomic mass is 32.2. The van der Waals surface area contributed by atoms with E-state index in [-0.39, 0.29) is 4.90 Å². The number of sulfonamides is 1. The van der Waals surface area contributed by atoms with Gasteiger partial charge in [-0.25, -0.2) is 13.6 Å². The van der Waals surface area contributed by atoms with Crippen LogP contribution in [-0.2, 0) is 10.0 Å². The number of anilines is 2. The molecular weight excluding hydrogens is 278 g/mol. The van der Waals surface area contributed by atoms with Gasteiger partial charge in [-0.05, 0) is 31.0 Å². The fraction of sp³-hybridized carbons (Fsp3) is 0.538. The van der Waals surface area contributed by atoms with E-state index in [1.807, 2.05) is 11.9 Å². The molecule has 7 heteroatoms. The van der Waals surface area contributed by atoms with Crippen LogP contribution >= 0.6 is 0 Å². The van der Waals surface area contributed by atoms with E-state index in [4.69, 9.17) is 10.9 Å². The summed E-state index contributed by atoms with van der Waals surface area (Å²) in [7, 11) is -1.92. The SMILES string of the molecule is CN(CC1(O)CCCC1)c1ccc(S(N)(=O)=O)cc1N. The zero-order valence-electron chi connectivity index (χ0n) is 11.5. The highest BCUT2D eigenvalue weighted by Crippen LogP contribution is 2.33. The van der Waals surface area contributed by atoms with Crippen LogP contribution in [-0.4, -0.2) is 32.7 Å². The molecule has 1 aromatic rings. The van der Waals surface area contributed by atoms with E-state index in [2.05, 4.69) is 0 Å². The van der Waals surface area contributed by atoms with Gasteiger partial charge in [-0.15, -0.1) is 0 Å². The van der Waals surface area contributed by atoms with Crippen molar-refractivity contribution < 1.29 is 13.5 Å². The monoisotopic (exact) mass is 299 g/mol. The Balaban J connectivity index is 2.20. The maximum Gasteiger partial charge on any atom is 0.238 e. The maximum atomic E-state index is 11.3. The average Bonchev–Trinajstić information content (AvgIpc) is 2.74. The normalized spacial score (nSPS) is 18.1. The molecule has 6 nitrogen and oxygen atoms in total. The van der Waals surface area contributed by atoms with E-state index in [1.54, 1.807) is 6.07 Å². The molecule has 0 aromatic heterocycles. The van der Waals surface area contributed by atoms with Crippen LogP contribution in [0.4, 0.5) is 11.4 Å². The smallest absolute Gasteiger partial charge is 0.238 e. The second kappa shape index (κ2) is 5.23. The first kappa shape index (κ1) is 15.1. The van der Waals surface area contributed by atoms with Gasteiger partial charge >= 0.3 is 0 Å². The van der Waals surface area contributed by atoms with Crippen LogP contribution in [0.1, 0.15) is 25.7 Å². The fourth-order valence-electron chi connectivity index (χ4n) is 2.78. The molecule has 20 heavy (non-hydrogen) atoms. The lowest BCUT2D eigenvalue weighted by Crippen LogP contribution is -2.39. The molecule has 1 aromatic carbocycles. The summed E-state index contributed by atoms with van der Waals surface area (Å²) in [4.78, 5) is 1.85. The topological polar surface area (TPSA) is 110 Å². The molecule has 1 aliphatic carbocycles. The number of nitrogens with two attached hydrogens (primary N) is 2. The van der Waals surface area contributed by atoms with Gasteiger partial charge in [-0.1, -0.05) is 12.8 Å². The first-order valence-corrected chi connectivity index (χ1v) is 8.12. The molecule has 0 unspecified atom stereocenters. The summed E-state index contributed by atoms with van der Waals surface area (Å²) in [5.74, 6) is 0. The van der Waals surface area contributed by atoms with E-state index in [0.717, 1.165) is 25.7 Å². The van der Waals surface area contributed by atoms with Gasteiger partial charge in [0.2, 0.25) is 10.0 Å². The van der Waals surface area contributed by atoms with Crippen molar-refractivity contribution >= 4 is 21.4 Å². The fourth-order valence-corrected chi connectivity index (χ4v) is 3.32. The van der Waals surface area contributed by atoms with E-state index >= 15 is 0 Å². The highest BCUT2D eigenvalue weighted by molar-refractivity contribution is 7.89. The number of primary sulfonamides is 1. The molecule has 0 bridgehead atoms. The molecule has 0 amide bonds. The lowest BCUT2D eigenvalue weighted by atomic mass is 10.0. The summed E-state index contributed by atoms with van der Waals surface area (Å²) in [5.41, 5.74) is 6.24. The van der Waals surface area contributed by atoms with Crippen LogP contribution in [0, 0.1) is 0 Å². The molecule has 1 fully saturated rings. The first-order valence-electron chi connectivity index (χ1n) is 6.57. The average molecular weight is 299 g/mol. The molecule has 0 spiro atoms. The van der Waals surface area contributed by atoms with Crippen LogP contribution in [0.15, 0.2) is 23.1 Å². The predicted molar refractivity (Wildman–Crippen MR) is 78.9 cm³/mol. The molecule has 0 aliphatic heterocycles. The second-order valence-corrected chi connectivity index (χ2v) is 7.11. The van der Waals surface area contributed by atoms with Gasteiger partial charge in [0.25, 0.3) is 0 Å². The standard InChI is InChI=1S/C13H21N3O3S/c1-16(9-13(17)6-2-3-7-13)12-5-4-10(8-11(12)14)20(15,18)19/h4-5,8,17H,2-3,6-7,9,14H2,1H3,(H2,15,18,19). The minimum atomic E-state index is -3.75. The molecular formula is C13H21N3O3S. The van der Waals surface area contributed by atoms with Gasteiger partial charge in [0.05, 0.1) is 21.9 Å². The summed E-state index contributed by atoms with van der Waals surface area (Å²) in [6.45, 7) is 0.478. The molecule has 1 aliphatic rings. The van der Waals surface area contributed by atoms with Crippen molar-refractivity contribution in [3.8, 4) is 0 Å². The van der Waals surface area contributed by atoms with Gasteiger partial charge < -0.3 is 15.7 Å². The summed E-state index contributed by atoms with van der Waals surface area (Å²) in [5, 5.41) is 15.5. The summed E-state index contributed by atoms with van der Waals surface area (Å²) in [6, 6.07) is 4.39. The molecule has 0 radical (unpaired) electrons. The summed E-state index contributed by atoms with van der Waals surface area (Å²) >= 11 is 0. The third-order valence-corrected chi connectivity index (χ3v) is 4.72. The zero-order valence-corrected chi connectivity index (χ0v) is 12.4. The number of likely N-dealkylation sites (N-methyl/N-ethyl adjacent to an activating group) is 1. The van der Waals surface area contributed by atoms with Gasteiger partial charge in [0.1, 0.15) is 0 Å². The number of nitrogen functional groups attached to an aromatic ring is 1.